The Morgan fingerprint density at radius 2 is 2.29 bits per heavy atom. The number of nitrogens with one attached hydrogen (secondary N) is 1. The number of rotatable bonds is 2. The number of nitrogens with zero attached hydrogens (tertiary/aromatic N) is 1. The summed E-state index contributed by atoms with van der Waals surface area (Å²) in [5.41, 5.74) is 8.46. The van der Waals surface area contributed by atoms with Crippen LogP contribution in [0.15, 0.2) is 0 Å². The zero-order valence-corrected chi connectivity index (χ0v) is 10.2. The number of hydrogen-bond acceptors (Lipinski definition) is 3. The van der Waals surface area contributed by atoms with Crippen molar-refractivity contribution in [2.24, 2.45) is 5.73 Å². The van der Waals surface area contributed by atoms with Crippen LogP contribution in [0.5, 0.6) is 0 Å². The van der Waals surface area contributed by atoms with E-state index in [0.717, 1.165) is 38.1 Å². The Hall–Kier alpha value is -0.870. The number of nitrogens with two attached hydrogens (primary N) is 1. The Labute approximate surface area is 102 Å². The number of imidazole rings is 1. The van der Waals surface area contributed by atoms with E-state index in [1.54, 1.807) is 0 Å². The molecule has 0 radical (unpaired) electrons. The van der Waals surface area contributed by atoms with E-state index in [9.17, 15) is 0 Å². The lowest BCUT2D eigenvalue weighted by Crippen LogP contribution is -2.27. The van der Waals surface area contributed by atoms with Gasteiger partial charge in [-0.25, -0.2) is 4.98 Å². The van der Waals surface area contributed by atoms with Gasteiger partial charge in [-0.2, -0.15) is 0 Å². The molecule has 1 aromatic rings. The minimum Gasteiger partial charge on any atom is -0.378 e. The van der Waals surface area contributed by atoms with E-state index in [2.05, 4.69) is 9.97 Å². The van der Waals surface area contributed by atoms with Crippen molar-refractivity contribution in [2.45, 2.75) is 57.1 Å². The van der Waals surface area contributed by atoms with Crippen LogP contribution in [-0.4, -0.2) is 28.7 Å². The first-order valence-electron chi connectivity index (χ1n) is 6.75. The van der Waals surface area contributed by atoms with Crippen molar-refractivity contribution >= 4 is 0 Å². The summed E-state index contributed by atoms with van der Waals surface area (Å²) in [6.45, 7) is 0.913. The molecule has 3 N–H and O–H groups in total. The van der Waals surface area contributed by atoms with Gasteiger partial charge in [0.15, 0.2) is 0 Å². The Morgan fingerprint density at radius 1 is 1.35 bits per heavy atom. The van der Waals surface area contributed by atoms with Crippen molar-refractivity contribution in [3.05, 3.63) is 17.2 Å². The fraction of sp³-hybridized carbons (Fsp3) is 0.769. The monoisotopic (exact) mass is 235 g/mol. The summed E-state index contributed by atoms with van der Waals surface area (Å²) in [7, 11) is 0. The zero-order valence-electron chi connectivity index (χ0n) is 10.2. The number of ether oxygens (including phenoxy) is 1. The molecule has 1 aliphatic carbocycles. The van der Waals surface area contributed by atoms with Gasteiger partial charge in [-0.15, -0.1) is 0 Å². The quantitative estimate of drug-likeness (QED) is 0.813. The summed E-state index contributed by atoms with van der Waals surface area (Å²) in [6, 6.07) is 0.307. The Morgan fingerprint density at radius 3 is 3.12 bits per heavy atom. The second-order valence-electron chi connectivity index (χ2n) is 5.30. The Balaban J connectivity index is 1.67. The van der Waals surface area contributed by atoms with Crippen molar-refractivity contribution in [1.82, 2.24) is 9.97 Å². The third-order valence-corrected chi connectivity index (χ3v) is 3.83. The molecule has 4 nitrogen and oxygen atoms in total. The predicted molar refractivity (Wildman–Crippen MR) is 65.9 cm³/mol. The lowest BCUT2D eigenvalue weighted by molar-refractivity contribution is 0.0157. The maximum atomic E-state index is 5.97. The molecule has 0 aromatic carbocycles. The molecular formula is C13H21N3O. The molecule has 1 aromatic heterocycles. The van der Waals surface area contributed by atoms with Gasteiger partial charge in [0, 0.05) is 31.2 Å². The molecule has 0 amide bonds. The highest BCUT2D eigenvalue weighted by atomic mass is 16.5. The number of H-pyrrole nitrogens is 1. The van der Waals surface area contributed by atoms with Gasteiger partial charge < -0.3 is 15.5 Å². The van der Waals surface area contributed by atoms with Crippen molar-refractivity contribution in [3.63, 3.8) is 0 Å². The fourth-order valence-electron chi connectivity index (χ4n) is 2.85. The van der Waals surface area contributed by atoms with Crippen molar-refractivity contribution in [1.29, 1.82) is 0 Å². The molecule has 2 unspecified atom stereocenters. The Bertz CT molecular complexity index is 382. The molecule has 2 atom stereocenters. The number of aromatic nitrogens is 2. The molecule has 3 rings (SSSR count). The molecular weight excluding hydrogens is 214 g/mol. The van der Waals surface area contributed by atoms with Crippen LogP contribution in [0.3, 0.4) is 0 Å². The normalized spacial score (nSPS) is 29.0. The third-order valence-electron chi connectivity index (χ3n) is 3.83. The number of hydrogen-bond donors (Lipinski definition) is 2. The number of aromatic amines is 1. The van der Waals surface area contributed by atoms with Gasteiger partial charge in [-0.3, -0.25) is 0 Å². The first kappa shape index (κ1) is 11.2. The van der Waals surface area contributed by atoms with Gasteiger partial charge in [-0.1, -0.05) is 0 Å². The minimum atomic E-state index is 0.307. The highest BCUT2D eigenvalue weighted by molar-refractivity contribution is 5.19. The first-order valence-corrected chi connectivity index (χ1v) is 6.75. The van der Waals surface area contributed by atoms with Gasteiger partial charge in [0.25, 0.3) is 0 Å². The first-order chi connectivity index (χ1) is 8.31. The average Bonchev–Trinajstić information content (AvgIpc) is 2.71. The summed E-state index contributed by atoms with van der Waals surface area (Å²) >= 11 is 0. The molecule has 17 heavy (non-hydrogen) atoms. The van der Waals surface area contributed by atoms with Crippen molar-refractivity contribution in [3.8, 4) is 0 Å². The molecule has 94 valence electrons. The average molecular weight is 235 g/mol. The lowest BCUT2D eigenvalue weighted by Gasteiger charge is -2.21. The van der Waals surface area contributed by atoms with Gasteiger partial charge in [-0.05, 0) is 32.1 Å². The van der Waals surface area contributed by atoms with E-state index in [4.69, 9.17) is 10.5 Å². The van der Waals surface area contributed by atoms with E-state index >= 15 is 0 Å². The maximum Gasteiger partial charge on any atom is 0.109 e. The predicted octanol–water partition coefficient (Wildman–Crippen LogP) is 1.34. The molecule has 1 fully saturated rings. The molecule has 1 saturated heterocycles. The van der Waals surface area contributed by atoms with E-state index in [0.29, 0.717) is 12.1 Å². The zero-order chi connectivity index (χ0) is 11.7. The fourth-order valence-corrected chi connectivity index (χ4v) is 2.85. The van der Waals surface area contributed by atoms with Crippen molar-refractivity contribution in [2.75, 3.05) is 6.61 Å². The van der Waals surface area contributed by atoms with Crippen LogP contribution in [0.4, 0.5) is 0 Å². The lowest BCUT2D eigenvalue weighted by atomic mass is 9.97. The largest absolute Gasteiger partial charge is 0.378 e. The van der Waals surface area contributed by atoms with Crippen LogP contribution in [-0.2, 0) is 24.0 Å². The molecule has 0 spiro atoms. The second kappa shape index (κ2) is 4.78. The molecule has 0 bridgehead atoms. The van der Waals surface area contributed by atoms with Crippen LogP contribution < -0.4 is 5.73 Å². The smallest absolute Gasteiger partial charge is 0.109 e. The Kier molecular flexibility index (Phi) is 3.16. The minimum absolute atomic E-state index is 0.307. The molecule has 2 aliphatic rings. The van der Waals surface area contributed by atoms with Crippen LogP contribution in [0.2, 0.25) is 0 Å². The third kappa shape index (κ3) is 2.53. The summed E-state index contributed by atoms with van der Waals surface area (Å²) in [5.74, 6) is 1.09. The topological polar surface area (TPSA) is 63.9 Å². The standard InChI is InChI=1S/C13H21N3O/c14-9-4-5-11-12(7-9)16-13(15-11)8-10-3-1-2-6-17-10/h9-10H,1-8,14H2,(H,15,16). The summed E-state index contributed by atoms with van der Waals surface area (Å²) in [4.78, 5) is 8.13. The molecule has 2 heterocycles. The molecule has 4 heteroatoms. The van der Waals surface area contributed by atoms with Crippen LogP contribution >= 0.6 is 0 Å². The van der Waals surface area contributed by atoms with Crippen LogP contribution in [0, 0.1) is 0 Å². The molecule has 0 saturated carbocycles. The highest BCUT2D eigenvalue weighted by Crippen LogP contribution is 2.21. The SMILES string of the molecule is NC1CCc2nc(CC3CCCCO3)[nH]c2C1. The van der Waals surface area contributed by atoms with Gasteiger partial charge in [0.05, 0.1) is 11.8 Å². The van der Waals surface area contributed by atoms with E-state index in [1.807, 2.05) is 0 Å². The number of fused-ring (bicyclic) bond motifs is 1. The maximum absolute atomic E-state index is 5.97. The summed E-state index contributed by atoms with van der Waals surface area (Å²) < 4.78 is 5.75. The van der Waals surface area contributed by atoms with Crippen molar-refractivity contribution < 1.29 is 4.74 Å². The van der Waals surface area contributed by atoms with E-state index in [-0.39, 0.29) is 0 Å². The van der Waals surface area contributed by atoms with Gasteiger partial charge in [0.1, 0.15) is 5.82 Å². The van der Waals surface area contributed by atoms with Gasteiger partial charge in [0.2, 0.25) is 0 Å². The van der Waals surface area contributed by atoms with Crippen LogP contribution in [0.25, 0.3) is 0 Å². The number of aryl methyl sites for hydroxylation is 1. The second-order valence-corrected chi connectivity index (χ2v) is 5.30. The highest BCUT2D eigenvalue weighted by Gasteiger charge is 2.21. The summed E-state index contributed by atoms with van der Waals surface area (Å²) in [5, 5.41) is 0. The van der Waals surface area contributed by atoms with Crippen LogP contribution in [0.1, 0.15) is 42.9 Å². The van der Waals surface area contributed by atoms with E-state index < -0.39 is 0 Å². The van der Waals surface area contributed by atoms with E-state index in [1.165, 1.54) is 30.7 Å². The summed E-state index contributed by atoms with van der Waals surface area (Å²) in [6.07, 6.45) is 8.01. The molecule has 1 aliphatic heterocycles. The van der Waals surface area contributed by atoms with Gasteiger partial charge >= 0.3 is 0 Å².